The van der Waals surface area contributed by atoms with Crippen molar-refractivity contribution in [2.45, 2.75) is 53.8 Å². The Balaban J connectivity index is 1.97. The molecule has 0 unspecified atom stereocenters. The Hall–Kier alpha value is -1.62. The standard InChI is InChI=1S/C16H27N5/c1-5-14-7-16(21(6-2)19-14)11-20-10-15(18-12-20)9-17-8-13(3)4/h7,10,12-13,17H,5-6,8-9,11H2,1-4H3. The summed E-state index contributed by atoms with van der Waals surface area (Å²) in [6.45, 7) is 12.3. The minimum atomic E-state index is 0.665. The largest absolute Gasteiger partial charge is 0.331 e. The van der Waals surface area contributed by atoms with Gasteiger partial charge in [-0.1, -0.05) is 20.8 Å². The average molecular weight is 289 g/mol. The van der Waals surface area contributed by atoms with E-state index >= 15 is 0 Å². The number of nitrogens with zero attached hydrogens (tertiary/aromatic N) is 4. The third-order valence-electron chi connectivity index (χ3n) is 3.47. The van der Waals surface area contributed by atoms with Crippen molar-refractivity contribution in [2.24, 2.45) is 5.92 Å². The zero-order valence-corrected chi connectivity index (χ0v) is 13.6. The molecule has 2 heterocycles. The zero-order valence-electron chi connectivity index (χ0n) is 13.6. The predicted octanol–water partition coefficient (Wildman–Crippen LogP) is 2.46. The molecule has 0 atom stereocenters. The maximum atomic E-state index is 4.59. The van der Waals surface area contributed by atoms with Crippen LogP contribution >= 0.6 is 0 Å². The molecule has 116 valence electrons. The summed E-state index contributed by atoms with van der Waals surface area (Å²) in [4.78, 5) is 4.46. The summed E-state index contributed by atoms with van der Waals surface area (Å²) < 4.78 is 4.21. The molecule has 1 N–H and O–H groups in total. The second-order valence-corrected chi connectivity index (χ2v) is 5.86. The van der Waals surface area contributed by atoms with Crippen LogP contribution in [0.25, 0.3) is 0 Å². The molecule has 0 aromatic carbocycles. The van der Waals surface area contributed by atoms with Crippen molar-refractivity contribution in [3.05, 3.63) is 35.7 Å². The van der Waals surface area contributed by atoms with Crippen LogP contribution in [-0.2, 0) is 26.1 Å². The molecule has 2 aromatic rings. The SMILES string of the molecule is CCc1cc(Cn2cnc(CNCC(C)C)c2)n(CC)n1. The summed E-state index contributed by atoms with van der Waals surface area (Å²) in [6.07, 6.45) is 5.01. The summed E-state index contributed by atoms with van der Waals surface area (Å²) in [5.74, 6) is 0.665. The minimum Gasteiger partial charge on any atom is -0.331 e. The lowest BCUT2D eigenvalue weighted by Gasteiger charge is -2.06. The molecule has 0 amide bonds. The molecule has 0 aliphatic carbocycles. The molecule has 0 bridgehead atoms. The number of aryl methyl sites for hydroxylation is 2. The van der Waals surface area contributed by atoms with Gasteiger partial charge in [0.15, 0.2) is 0 Å². The van der Waals surface area contributed by atoms with E-state index in [0.29, 0.717) is 5.92 Å². The Labute approximate surface area is 127 Å². The van der Waals surface area contributed by atoms with Crippen molar-refractivity contribution < 1.29 is 0 Å². The smallest absolute Gasteiger partial charge is 0.0953 e. The zero-order chi connectivity index (χ0) is 15.2. The van der Waals surface area contributed by atoms with E-state index < -0.39 is 0 Å². The highest BCUT2D eigenvalue weighted by Gasteiger charge is 2.07. The fourth-order valence-corrected chi connectivity index (χ4v) is 2.35. The third-order valence-corrected chi connectivity index (χ3v) is 3.47. The van der Waals surface area contributed by atoms with Crippen LogP contribution in [0.2, 0.25) is 0 Å². The average Bonchev–Trinajstić information content (AvgIpc) is 3.05. The highest BCUT2D eigenvalue weighted by molar-refractivity contribution is 5.11. The molecular formula is C16H27N5. The van der Waals surface area contributed by atoms with E-state index in [2.05, 4.69) is 64.6 Å². The molecule has 2 rings (SSSR count). The van der Waals surface area contributed by atoms with Crippen molar-refractivity contribution in [1.29, 1.82) is 0 Å². The molecular weight excluding hydrogens is 262 g/mol. The van der Waals surface area contributed by atoms with Gasteiger partial charge in [0.25, 0.3) is 0 Å². The van der Waals surface area contributed by atoms with E-state index in [-0.39, 0.29) is 0 Å². The lowest BCUT2D eigenvalue weighted by molar-refractivity contribution is 0.548. The Morgan fingerprint density at radius 3 is 2.71 bits per heavy atom. The van der Waals surface area contributed by atoms with Gasteiger partial charge in [-0.15, -0.1) is 0 Å². The molecule has 2 aromatic heterocycles. The van der Waals surface area contributed by atoms with Gasteiger partial charge in [-0.2, -0.15) is 5.10 Å². The van der Waals surface area contributed by atoms with Crippen LogP contribution in [0, 0.1) is 5.92 Å². The van der Waals surface area contributed by atoms with Crippen molar-refractivity contribution in [2.75, 3.05) is 6.54 Å². The molecule has 0 spiro atoms. The van der Waals surface area contributed by atoms with Gasteiger partial charge >= 0.3 is 0 Å². The quantitative estimate of drug-likeness (QED) is 0.812. The van der Waals surface area contributed by atoms with E-state index in [1.807, 2.05) is 6.33 Å². The first-order chi connectivity index (χ1) is 10.1. The van der Waals surface area contributed by atoms with Gasteiger partial charge < -0.3 is 9.88 Å². The summed E-state index contributed by atoms with van der Waals surface area (Å²) in [7, 11) is 0. The Morgan fingerprint density at radius 2 is 2.05 bits per heavy atom. The number of aromatic nitrogens is 4. The number of hydrogen-bond acceptors (Lipinski definition) is 3. The molecule has 0 fully saturated rings. The van der Waals surface area contributed by atoms with E-state index in [1.54, 1.807) is 0 Å². The minimum absolute atomic E-state index is 0.665. The Kier molecular flexibility index (Phi) is 5.56. The van der Waals surface area contributed by atoms with Crippen LogP contribution in [0.5, 0.6) is 0 Å². The Morgan fingerprint density at radius 1 is 1.24 bits per heavy atom. The second kappa shape index (κ2) is 7.41. The van der Waals surface area contributed by atoms with Crippen LogP contribution in [0.15, 0.2) is 18.6 Å². The lowest BCUT2D eigenvalue weighted by Crippen LogP contribution is -2.19. The van der Waals surface area contributed by atoms with Crippen molar-refractivity contribution in [3.63, 3.8) is 0 Å². The number of nitrogens with one attached hydrogen (secondary N) is 1. The molecule has 5 heteroatoms. The molecule has 21 heavy (non-hydrogen) atoms. The van der Waals surface area contributed by atoms with E-state index in [1.165, 1.54) is 5.69 Å². The van der Waals surface area contributed by atoms with Gasteiger partial charge in [-0.25, -0.2) is 4.98 Å². The van der Waals surface area contributed by atoms with Crippen LogP contribution < -0.4 is 5.32 Å². The molecule has 5 nitrogen and oxygen atoms in total. The van der Waals surface area contributed by atoms with Crippen LogP contribution in [-0.4, -0.2) is 25.9 Å². The lowest BCUT2D eigenvalue weighted by atomic mass is 10.2. The van der Waals surface area contributed by atoms with Crippen molar-refractivity contribution in [1.82, 2.24) is 24.6 Å². The second-order valence-electron chi connectivity index (χ2n) is 5.86. The third kappa shape index (κ3) is 4.43. The monoisotopic (exact) mass is 289 g/mol. The first-order valence-electron chi connectivity index (χ1n) is 7.89. The van der Waals surface area contributed by atoms with Crippen LogP contribution in [0.1, 0.15) is 44.8 Å². The van der Waals surface area contributed by atoms with E-state index in [0.717, 1.165) is 44.0 Å². The first-order valence-corrected chi connectivity index (χ1v) is 7.89. The van der Waals surface area contributed by atoms with Gasteiger partial charge in [-0.05, 0) is 31.9 Å². The summed E-state index contributed by atoms with van der Waals surface area (Å²) in [5.41, 5.74) is 3.49. The summed E-state index contributed by atoms with van der Waals surface area (Å²) in [5, 5.41) is 8.01. The number of rotatable bonds is 8. The van der Waals surface area contributed by atoms with Crippen molar-refractivity contribution >= 4 is 0 Å². The van der Waals surface area contributed by atoms with Crippen LogP contribution in [0.3, 0.4) is 0 Å². The van der Waals surface area contributed by atoms with Gasteiger partial charge in [0.05, 0.1) is 30.0 Å². The normalized spacial score (nSPS) is 11.5. The maximum absolute atomic E-state index is 4.59. The molecule has 0 saturated heterocycles. The fourth-order valence-electron chi connectivity index (χ4n) is 2.35. The molecule has 0 saturated carbocycles. The molecule has 0 radical (unpaired) electrons. The highest BCUT2D eigenvalue weighted by Crippen LogP contribution is 2.08. The van der Waals surface area contributed by atoms with E-state index in [4.69, 9.17) is 0 Å². The van der Waals surface area contributed by atoms with Gasteiger partial charge in [0.2, 0.25) is 0 Å². The van der Waals surface area contributed by atoms with E-state index in [9.17, 15) is 0 Å². The number of imidazole rings is 1. The summed E-state index contributed by atoms with van der Waals surface area (Å²) in [6, 6.07) is 2.19. The van der Waals surface area contributed by atoms with Crippen molar-refractivity contribution in [3.8, 4) is 0 Å². The molecule has 0 aliphatic heterocycles. The maximum Gasteiger partial charge on any atom is 0.0953 e. The van der Waals surface area contributed by atoms with Crippen LogP contribution in [0.4, 0.5) is 0 Å². The molecule has 0 aliphatic rings. The van der Waals surface area contributed by atoms with Gasteiger partial charge in [0.1, 0.15) is 0 Å². The predicted molar refractivity (Wildman–Crippen MR) is 85.2 cm³/mol. The summed E-state index contributed by atoms with van der Waals surface area (Å²) >= 11 is 0. The Bertz CT molecular complexity index is 553. The number of hydrogen-bond donors (Lipinski definition) is 1. The highest BCUT2D eigenvalue weighted by atomic mass is 15.3. The fraction of sp³-hybridized carbons (Fsp3) is 0.625. The van der Waals surface area contributed by atoms with Gasteiger partial charge in [0, 0.05) is 19.3 Å². The van der Waals surface area contributed by atoms with Gasteiger partial charge in [-0.3, -0.25) is 4.68 Å². The topological polar surface area (TPSA) is 47.7 Å². The first kappa shape index (κ1) is 15.8.